The second-order valence-electron chi connectivity index (χ2n) is 3.45. The molecule has 86 valence electrons. The van der Waals surface area contributed by atoms with Crippen LogP contribution in [0.15, 0.2) is 17.8 Å². The maximum atomic E-state index is 5.73. The molecular formula is C11H14ClN3S. The van der Waals surface area contributed by atoms with Gasteiger partial charge in [-0.2, -0.15) is 0 Å². The van der Waals surface area contributed by atoms with Crippen LogP contribution in [-0.2, 0) is 0 Å². The Bertz CT molecular complexity index is 457. The van der Waals surface area contributed by atoms with E-state index in [0.29, 0.717) is 5.88 Å². The summed E-state index contributed by atoms with van der Waals surface area (Å²) in [7, 11) is 0. The molecule has 16 heavy (non-hydrogen) atoms. The van der Waals surface area contributed by atoms with Gasteiger partial charge in [-0.1, -0.05) is 0 Å². The molecule has 0 amide bonds. The Morgan fingerprint density at radius 2 is 2.31 bits per heavy atom. The number of halogens is 1. The molecular weight excluding hydrogens is 242 g/mol. The van der Waals surface area contributed by atoms with Crippen molar-refractivity contribution in [3.8, 4) is 0 Å². The zero-order chi connectivity index (χ0) is 11.4. The fourth-order valence-electron chi connectivity index (χ4n) is 1.67. The molecule has 0 aromatic carbocycles. The Balaban J connectivity index is 2.32. The van der Waals surface area contributed by atoms with Crippen LogP contribution in [0.4, 0.5) is 5.82 Å². The van der Waals surface area contributed by atoms with E-state index in [2.05, 4.69) is 27.2 Å². The van der Waals surface area contributed by atoms with Gasteiger partial charge >= 0.3 is 0 Å². The second kappa shape index (κ2) is 5.46. The van der Waals surface area contributed by atoms with E-state index < -0.39 is 0 Å². The van der Waals surface area contributed by atoms with Crippen LogP contribution < -0.4 is 4.90 Å². The number of anilines is 1. The van der Waals surface area contributed by atoms with E-state index in [1.165, 1.54) is 4.70 Å². The maximum Gasteiger partial charge on any atom is 0.150 e. The van der Waals surface area contributed by atoms with E-state index >= 15 is 0 Å². The van der Waals surface area contributed by atoms with Crippen LogP contribution in [-0.4, -0.2) is 28.9 Å². The summed E-state index contributed by atoms with van der Waals surface area (Å²) in [5.41, 5.74) is 1.03. The van der Waals surface area contributed by atoms with Gasteiger partial charge in [0, 0.05) is 19.0 Å². The van der Waals surface area contributed by atoms with Crippen molar-refractivity contribution >= 4 is 39.0 Å². The molecule has 0 spiro atoms. The molecule has 0 aliphatic heterocycles. The Morgan fingerprint density at radius 3 is 3.06 bits per heavy atom. The molecule has 0 aliphatic carbocycles. The van der Waals surface area contributed by atoms with Crippen molar-refractivity contribution in [1.82, 2.24) is 9.97 Å². The van der Waals surface area contributed by atoms with Crippen molar-refractivity contribution < 1.29 is 0 Å². The highest BCUT2D eigenvalue weighted by molar-refractivity contribution is 7.17. The first kappa shape index (κ1) is 11.6. The van der Waals surface area contributed by atoms with Gasteiger partial charge in [0.15, 0.2) is 0 Å². The van der Waals surface area contributed by atoms with Crippen LogP contribution >= 0.6 is 22.9 Å². The summed E-state index contributed by atoms with van der Waals surface area (Å²) >= 11 is 7.42. The smallest absolute Gasteiger partial charge is 0.150 e. The van der Waals surface area contributed by atoms with Crippen molar-refractivity contribution in [3.63, 3.8) is 0 Å². The number of hydrogen-bond donors (Lipinski definition) is 0. The van der Waals surface area contributed by atoms with Gasteiger partial charge in [-0.3, -0.25) is 0 Å². The third-order valence-corrected chi connectivity index (χ3v) is 3.63. The molecule has 2 heterocycles. The molecule has 2 aromatic heterocycles. The van der Waals surface area contributed by atoms with Crippen molar-refractivity contribution in [3.05, 3.63) is 17.8 Å². The van der Waals surface area contributed by atoms with Gasteiger partial charge < -0.3 is 4.90 Å². The van der Waals surface area contributed by atoms with Crippen LogP contribution in [0.1, 0.15) is 13.3 Å². The van der Waals surface area contributed by atoms with Gasteiger partial charge in [0.2, 0.25) is 0 Å². The average molecular weight is 256 g/mol. The molecule has 5 heteroatoms. The predicted octanol–water partition coefficient (Wildman–Crippen LogP) is 3.15. The number of alkyl halides is 1. The van der Waals surface area contributed by atoms with E-state index in [-0.39, 0.29) is 0 Å². The van der Waals surface area contributed by atoms with Gasteiger partial charge in [-0.25, -0.2) is 9.97 Å². The molecule has 2 rings (SSSR count). The molecule has 0 unspecified atom stereocenters. The molecule has 0 saturated carbocycles. The van der Waals surface area contributed by atoms with Gasteiger partial charge in [0.25, 0.3) is 0 Å². The summed E-state index contributed by atoms with van der Waals surface area (Å²) in [6.07, 6.45) is 2.61. The monoisotopic (exact) mass is 255 g/mol. The molecule has 0 radical (unpaired) electrons. The summed E-state index contributed by atoms with van der Waals surface area (Å²) in [5, 5.41) is 2.05. The third kappa shape index (κ3) is 2.28. The number of hydrogen-bond acceptors (Lipinski definition) is 4. The lowest BCUT2D eigenvalue weighted by atomic mass is 10.3. The van der Waals surface area contributed by atoms with Crippen molar-refractivity contribution in [2.24, 2.45) is 0 Å². The first-order chi connectivity index (χ1) is 7.86. The highest BCUT2D eigenvalue weighted by atomic mass is 35.5. The summed E-state index contributed by atoms with van der Waals surface area (Å²) in [4.78, 5) is 10.9. The minimum absolute atomic E-state index is 0.690. The maximum absolute atomic E-state index is 5.73. The molecule has 3 nitrogen and oxygen atoms in total. The van der Waals surface area contributed by atoms with E-state index in [4.69, 9.17) is 11.6 Å². The van der Waals surface area contributed by atoms with Gasteiger partial charge in [-0.15, -0.1) is 22.9 Å². The second-order valence-corrected chi connectivity index (χ2v) is 4.75. The fraction of sp³-hybridized carbons (Fsp3) is 0.455. The minimum Gasteiger partial charge on any atom is -0.356 e. The SMILES string of the molecule is CCN(CCCCl)c1ncnc2ccsc12. The highest BCUT2D eigenvalue weighted by Crippen LogP contribution is 2.27. The van der Waals surface area contributed by atoms with E-state index in [0.717, 1.165) is 30.8 Å². The van der Waals surface area contributed by atoms with Crippen LogP contribution in [0.3, 0.4) is 0 Å². The van der Waals surface area contributed by atoms with Crippen LogP contribution in [0, 0.1) is 0 Å². The highest BCUT2D eigenvalue weighted by Gasteiger charge is 2.11. The lowest BCUT2D eigenvalue weighted by Crippen LogP contribution is -2.25. The Morgan fingerprint density at radius 1 is 1.44 bits per heavy atom. The van der Waals surface area contributed by atoms with E-state index in [1.807, 2.05) is 6.07 Å². The fourth-order valence-corrected chi connectivity index (χ4v) is 2.65. The molecule has 0 atom stereocenters. The Kier molecular flexibility index (Phi) is 3.96. The van der Waals surface area contributed by atoms with Crippen molar-refractivity contribution in [2.75, 3.05) is 23.9 Å². The summed E-state index contributed by atoms with van der Waals surface area (Å²) < 4.78 is 1.17. The zero-order valence-electron chi connectivity index (χ0n) is 9.19. The molecule has 2 aromatic rings. The topological polar surface area (TPSA) is 29.0 Å². The predicted molar refractivity (Wildman–Crippen MR) is 70.6 cm³/mol. The third-order valence-electron chi connectivity index (χ3n) is 2.47. The van der Waals surface area contributed by atoms with Gasteiger partial charge in [0.1, 0.15) is 12.1 Å². The molecule has 0 bridgehead atoms. The first-order valence-electron chi connectivity index (χ1n) is 5.36. The van der Waals surface area contributed by atoms with E-state index in [1.54, 1.807) is 17.7 Å². The van der Waals surface area contributed by atoms with Crippen LogP contribution in [0.25, 0.3) is 10.2 Å². The summed E-state index contributed by atoms with van der Waals surface area (Å²) in [5.74, 6) is 1.72. The minimum atomic E-state index is 0.690. The summed E-state index contributed by atoms with van der Waals surface area (Å²) in [6, 6.07) is 2.03. The number of fused-ring (bicyclic) bond motifs is 1. The van der Waals surface area contributed by atoms with E-state index in [9.17, 15) is 0 Å². The number of thiophene rings is 1. The quantitative estimate of drug-likeness (QED) is 0.769. The Labute approximate surface area is 104 Å². The van der Waals surface area contributed by atoms with Gasteiger partial charge in [0.05, 0.1) is 10.2 Å². The summed E-state index contributed by atoms with van der Waals surface area (Å²) in [6.45, 7) is 4.03. The lowest BCUT2D eigenvalue weighted by Gasteiger charge is -2.21. The normalized spacial score (nSPS) is 10.9. The molecule has 0 aliphatic rings. The zero-order valence-corrected chi connectivity index (χ0v) is 10.8. The molecule has 0 fully saturated rings. The molecule has 0 saturated heterocycles. The average Bonchev–Trinajstić information content (AvgIpc) is 2.78. The standard InChI is InChI=1S/C11H14ClN3S/c1-2-15(6-3-5-12)11-10-9(4-7-16-10)13-8-14-11/h4,7-8H,2-3,5-6H2,1H3. The number of nitrogens with zero attached hydrogens (tertiary/aromatic N) is 3. The van der Waals surface area contributed by atoms with Crippen molar-refractivity contribution in [1.29, 1.82) is 0 Å². The lowest BCUT2D eigenvalue weighted by molar-refractivity contribution is 0.784. The Hall–Kier alpha value is -0.870. The number of aromatic nitrogens is 2. The number of rotatable bonds is 5. The van der Waals surface area contributed by atoms with Crippen LogP contribution in [0.5, 0.6) is 0 Å². The molecule has 0 N–H and O–H groups in total. The van der Waals surface area contributed by atoms with Crippen LogP contribution in [0.2, 0.25) is 0 Å². The van der Waals surface area contributed by atoms with Crippen molar-refractivity contribution in [2.45, 2.75) is 13.3 Å². The van der Waals surface area contributed by atoms with Gasteiger partial charge in [-0.05, 0) is 24.8 Å². The first-order valence-corrected chi connectivity index (χ1v) is 6.77. The largest absolute Gasteiger partial charge is 0.356 e.